The Morgan fingerprint density at radius 2 is 1.91 bits per heavy atom. The number of carboxylic acid groups (broad SMARTS) is 1. The van der Waals surface area contributed by atoms with Gasteiger partial charge in [0, 0.05) is 0 Å². The highest BCUT2D eigenvalue weighted by Gasteiger charge is 2.32. The molecule has 3 N–H and O–H groups in total. The first-order valence-corrected chi connectivity index (χ1v) is 9.05. The second kappa shape index (κ2) is 6.31. The third-order valence-electron chi connectivity index (χ3n) is 2.73. The number of carbonyl (C=O) groups excluding carboxylic acids is 1. The number of sulfonamides is 1. The van der Waals surface area contributed by atoms with Crippen molar-refractivity contribution >= 4 is 33.2 Å². The molecule has 0 aliphatic carbocycles. The smallest absolute Gasteiger partial charge is 0.347 e. The minimum atomic E-state index is -3.54. The Labute approximate surface area is 133 Å². The molecule has 0 saturated heterocycles. The van der Waals surface area contributed by atoms with E-state index in [0.717, 1.165) is 17.6 Å². The number of carboxylic acids is 1. The van der Waals surface area contributed by atoms with Crippen LogP contribution >= 0.6 is 11.3 Å². The van der Waals surface area contributed by atoms with Crippen LogP contribution in [0.4, 0.5) is 0 Å². The van der Waals surface area contributed by atoms with Crippen molar-refractivity contribution in [3.8, 4) is 0 Å². The number of rotatable bonds is 6. The van der Waals surface area contributed by atoms with Gasteiger partial charge in [0.15, 0.2) is 0 Å². The molecule has 0 radical (unpaired) electrons. The number of carbonyl (C=O) groups is 2. The van der Waals surface area contributed by atoms with Crippen LogP contribution in [-0.4, -0.2) is 42.2 Å². The Bertz CT molecular complexity index is 694. The van der Waals surface area contributed by atoms with Gasteiger partial charge in [-0.3, -0.25) is 4.79 Å². The quantitative estimate of drug-likeness (QED) is 0.692. The molecule has 1 amide bonds. The zero-order valence-electron chi connectivity index (χ0n) is 12.9. The van der Waals surface area contributed by atoms with Crippen LogP contribution in [0, 0.1) is 6.92 Å². The van der Waals surface area contributed by atoms with Crippen molar-refractivity contribution in [2.24, 2.45) is 0 Å². The largest absolute Gasteiger partial charge is 0.477 e. The lowest BCUT2D eigenvalue weighted by Gasteiger charge is -2.25. The standard InChI is InChI=1S/C12H19N3O5S2/c1-6-8(10(16)17)21-9(13-6)7(2)14-11(18)12(3,4)15-22(5,19)20/h7,15H,1-5H3,(H,14,18)(H,16,17). The van der Waals surface area contributed by atoms with Crippen LogP contribution in [0.5, 0.6) is 0 Å². The summed E-state index contributed by atoms with van der Waals surface area (Å²) in [6, 6.07) is -0.537. The van der Waals surface area contributed by atoms with E-state index >= 15 is 0 Å². The van der Waals surface area contributed by atoms with Crippen LogP contribution < -0.4 is 10.0 Å². The maximum Gasteiger partial charge on any atom is 0.347 e. The van der Waals surface area contributed by atoms with Crippen molar-refractivity contribution in [3.63, 3.8) is 0 Å². The van der Waals surface area contributed by atoms with E-state index in [1.807, 2.05) is 0 Å². The molecular weight excluding hydrogens is 330 g/mol. The molecule has 0 aromatic carbocycles. The normalized spacial score (nSPS) is 13.7. The molecular formula is C12H19N3O5S2. The second-order valence-electron chi connectivity index (χ2n) is 5.47. The van der Waals surface area contributed by atoms with E-state index in [0.29, 0.717) is 10.7 Å². The number of amides is 1. The Hall–Kier alpha value is -1.52. The van der Waals surface area contributed by atoms with Crippen molar-refractivity contribution in [2.75, 3.05) is 6.26 Å². The third-order valence-corrected chi connectivity index (χ3v) is 4.94. The predicted octanol–water partition coefficient (Wildman–Crippen LogP) is 0.655. The van der Waals surface area contributed by atoms with Gasteiger partial charge in [-0.15, -0.1) is 11.3 Å². The van der Waals surface area contributed by atoms with Gasteiger partial charge in [-0.05, 0) is 27.7 Å². The summed E-state index contributed by atoms with van der Waals surface area (Å²) in [4.78, 5) is 27.4. The summed E-state index contributed by atoms with van der Waals surface area (Å²) in [6.07, 6.45) is 0.967. The second-order valence-corrected chi connectivity index (χ2v) is 8.25. The maximum atomic E-state index is 12.2. The highest BCUT2D eigenvalue weighted by atomic mass is 32.2. The maximum absolute atomic E-state index is 12.2. The average molecular weight is 349 g/mol. The minimum absolute atomic E-state index is 0.115. The fourth-order valence-electron chi connectivity index (χ4n) is 1.75. The Balaban J connectivity index is 2.88. The molecule has 1 unspecified atom stereocenters. The number of hydrogen-bond acceptors (Lipinski definition) is 6. The third kappa shape index (κ3) is 4.75. The van der Waals surface area contributed by atoms with Gasteiger partial charge in [0.25, 0.3) is 0 Å². The van der Waals surface area contributed by atoms with Gasteiger partial charge in [0.1, 0.15) is 15.4 Å². The topological polar surface area (TPSA) is 125 Å². The van der Waals surface area contributed by atoms with E-state index in [9.17, 15) is 18.0 Å². The number of aromatic nitrogens is 1. The van der Waals surface area contributed by atoms with Crippen molar-refractivity contribution in [3.05, 3.63) is 15.6 Å². The number of nitrogens with zero attached hydrogens (tertiary/aromatic N) is 1. The summed E-state index contributed by atoms with van der Waals surface area (Å²) in [6.45, 7) is 6.10. The van der Waals surface area contributed by atoms with E-state index in [2.05, 4.69) is 15.0 Å². The monoisotopic (exact) mass is 349 g/mol. The molecule has 10 heteroatoms. The van der Waals surface area contributed by atoms with Gasteiger partial charge in [-0.25, -0.2) is 22.9 Å². The highest BCUT2D eigenvalue weighted by molar-refractivity contribution is 7.88. The van der Waals surface area contributed by atoms with Crippen LogP contribution in [0.2, 0.25) is 0 Å². The first-order valence-electron chi connectivity index (χ1n) is 6.34. The van der Waals surface area contributed by atoms with Crippen LogP contribution in [0.25, 0.3) is 0 Å². The molecule has 0 bridgehead atoms. The molecule has 124 valence electrons. The van der Waals surface area contributed by atoms with Gasteiger partial charge < -0.3 is 10.4 Å². The molecule has 0 fully saturated rings. The van der Waals surface area contributed by atoms with Crippen molar-refractivity contribution in [1.29, 1.82) is 0 Å². The summed E-state index contributed by atoms with van der Waals surface area (Å²) in [5.74, 6) is -1.60. The SMILES string of the molecule is Cc1nc(C(C)NC(=O)C(C)(C)NS(C)(=O)=O)sc1C(=O)O. The highest BCUT2D eigenvalue weighted by Crippen LogP contribution is 2.24. The van der Waals surface area contributed by atoms with E-state index in [1.165, 1.54) is 13.8 Å². The van der Waals surface area contributed by atoms with Crippen molar-refractivity contribution in [2.45, 2.75) is 39.3 Å². The van der Waals surface area contributed by atoms with E-state index in [4.69, 9.17) is 5.11 Å². The van der Waals surface area contributed by atoms with E-state index < -0.39 is 33.5 Å². The summed E-state index contributed by atoms with van der Waals surface area (Å²) >= 11 is 0.977. The Morgan fingerprint density at radius 1 is 1.36 bits per heavy atom. The van der Waals surface area contributed by atoms with Crippen LogP contribution in [-0.2, 0) is 14.8 Å². The molecule has 0 aliphatic heterocycles. The molecule has 1 heterocycles. The Kier molecular flexibility index (Phi) is 5.31. The molecule has 0 aliphatic rings. The number of aryl methyl sites for hydroxylation is 1. The lowest BCUT2D eigenvalue weighted by atomic mass is 10.1. The van der Waals surface area contributed by atoms with Gasteiger partial charge in [-0.2, -0.15) is 0 Å². The summed E-state index contributed by atoms with van der Waals surface area (Å²) in [5.41, 5.74) is -0.953. The molecule has 1 rings (SSSR count). The fourth-order valence-corrected chi connectivity index (χ4v) is 3.68. The van der Waals surface area contributed by atoms with Gasteiger partial charge in [0.05, 0.1) is 18.0 Å². The van der Waals surface area contributed by atoms with Crippen molar-refractivity contribution < 1.29 is 23.1 Å². The van der Waals surface area contributed by atoms with E-state index in [-0.39, 0.29) is 4.88 Å². The van der Waals surface area contributed by atoms with Crippen LogP contribution in [0.3, 0.4) is 0 Å². The first-order chi connectivity index (χ1) is 9.83. The zero-order chi connectivity index (χ0) is 17.3. The molecule has 1 atom stereocenters. The predicted molar refractivity (Wildman–Crippen MR) is 82.4 cm³/mol. The lowest BCUT2D eigenvalue weighted by molar-refractivity contribution is -0.126. The van der Waals surface area contributed by atoms with Crippen LogP contribution in [0.15, 0.2) is 0 Å². The van der Waals surface area contributed by atoms with Crippen molar-refractivity contribution in [1.82, 2.24) is 15.0 Å². The molecule has 8 nitrogen and oxygen atoms in total. The molecule has 1 aromatic heterocycles. The van der Waals surface area contributed by atoms with Gasteiger partial charge in [0.2, 0.25) is 15.9 Å². The van der Waals surface area contributed by atoms with Gasteiger partial charge >= 0.3 is 5.97 Å². The summed E-state index contributed by atoms with van der Waals surface area (Å²) < 4.78 is 24.8. The molecule has 1 aromatic rings. The molecule has 0 spiro atoms. The van der Waals surface area contributed by atoms with E-state index in [1.54, 1.807) is 13.8 Å². The number of nitrogens with one attached hydrogen (secondary N) is 2. The summed E-state index contributed by atoms with van der Waals surface area (Å²) in [5, 5.41) is 12.1. The fraction of sp³-hybridized carbons (Fsp3) is 0.583. The lowest BCUT2D eigenvalue weighted by Crippen LogP contribution is -2.54. The molecule has 0 saturated carbocycles. The summed E-state index contributed by atoms with van der Waals surface area (Å²) in [7, 11) is -3.54. The Morgan fingerprint density at radius 3 is 2.32 bits per heavy atom. The number of aromatic carboxylic acids is 1. The van der Waals surface area contributed by atoms with Crippen LogP contribution in [0.1, 0.15) is 47.2 Å². The average Bonchev–Trinajstić information content (AvgIpc) is 2.68. The number of hydrogen-bond donors (Lipinski definition) is 3. The number of thiazole rings is 1. The molecule has 22 heavy (non-hydrogen) atoms. The first kappa shape index (κ1) is 18.5. The van der Waals surface area contributed by atoms with Gasteiger partial charge in [-0.1, -0.05) is 0 Å². The minimum Gasteiger partial charge on any atom is -0.477 e. The zero-order valence-corrected chi connectivity index (χ0v) is 14.6.